The Hall–Kier alpha value is -1.62. The highest BCUT2D eigenvalue weighted by atomic mass is 31.2. The number of amides is 2. The van der Waals surface area contributed by atoms with Gasteiger partial charge < -0.3 is 28.9 Å². The van der Waals surface area contributed by atoms with E-state index in [1.807, 2.05) is 0 Å². The summed E-state index contributed by atoms with van der Waals surface area (Å²) in [6.45, 7) is 9.29. The van der Waals surface area contributed by atoms with Crippen molar-refractivity contribution in [1.82, 2.24) is 10.2 Å². The highest BCUT2D eigenvalue weighted by molar-refractivity contribution is 7.53. The molecule has 1 aliphatic heterocycles. The quantitative estimate of drug-likeness (QED) is 0.289. The van der Waals surface area contributed by atoms with Gasteiger partial charge in [-0.2, -0.15) is 0 Å². The van der Waals surface area contributed by atoms with E-state index in [1.165, 1.54) is 27.1 Å². The number of ketones is 1. The summed E-state index contributed by atoms with van der Waals surface area (Å²) in [5.41, 5.74) is 0.294. The molecule has 1 saturated heterocycles. The topological polar surface area (TPSA) is 141 Å². The summed E-state index contributed by atoms with van der Waals surface area (Å²) in [4.78, 5) is 37.0. The van der Waals surface area contributed by atoms with Crippen LogP contribution in [0.3, 0.4) is 0 Å². The predicted molar refractivity (Wildman–Crippen MR) is 120 cm³/mol. The fraction of sp³-hybridized carbons (Fsp3) is 0.762. The molecule has 11 nitrogen and oxygen atoms in total. The number of aliphatic hydroxyl groups is 1. The number of aliphatic hydroxyl groups excluding tert-OH is 1. The number of hydrogen-bond acceptors (Lipinski definition) is 9. The van der Waals surface area contributed by atoms with Crippen LogP contribution in [0.1, 0.15) is 41.5 Å². The van der Waals surface area contributed by atoms with E-state index in [0.29, 0.717) is 5.57 Å². The van der Waals surface area contributed by atoms with Gasteiger partial charge in [0, 0.05) is 25.7 Å². The van der Waals surface area contributed by atoms with Gasteiger partial charge >= 0.3 is 7.60 Å². The largest absolute Gasteiger partial charge is 0.387 e. The predicted octanol–water partition coefficient (Wildman–Crippen LogP) is 1.45. The second-order valence-electron chi connectivity index (χ2n) is 7.83. The van der Waals surface area contributed by atoms with Gasteiger partial charge in [0.15, 0.2) is 12.0 Å². The van der Waals surface area contributed by atoms with Crippen LogP contribution in [-0.4, -0.2) is 85.2 Å². The van der Waals surface area contributed by atoms with Crippen LogP contribution in [0.15, 0.2) is 11.8 Å². The first-order valence-corrected chi connectivity index (χ1v) is 12.7. The molecule has 5 atom stereocenters. The van der Waals surface area contributed by atoms with Crippen molar-refractivity contribution in [3.8, 4) is 0 Å². The Kier molecular flexibility index (Phi) is 11.9. The molecular formula is C21H37N2O9P. The van der Waals surface area contributed by atoms with Crippen molar-refractivity contribution in [2.24, 2.45) is 5.92 Å². The van der Waals surface area contributed by atoms with Gasteiger partial charge in [0.2, 0.25) is 11.8 Å². The molecule has 0 spiro atoms. The summed E-state index contributed by atoms with van der Waals surface area (Å²) < 4.78 is 35.3. The minimum atomic E-state index is -3.44. The molecule has 1 rings (SSSR count). The van der Waals surface area contributed by atoms with E-state index in [2.05, 4.69) is 5.32 Å². The lowest BCUT2D eigenvalue weighted by atomic mass is 10.00. The fourth-order valence-electron chi connectivity index (χ4n) is 3.43. The third-order valence-electron chi connectivity index (χ3n) is 5.19. The van der Waals surface area contributed by atoms with Crippen molar-refractivity contribution in [3.05, 3.63) is 11.8 Å². The zero-order valence-corrected chi connectivity index (χ0v) is 21.3. The van der Waals surface area contributed by atoms with E-state index >= 15 is 0 Å². The van der Waals surface area contributed by atoms with Gasteiger partial charge in [0.1, 0.15) is 18.8 Å². The Bertz CT molecular complexity index is 763. The van der Waals surface area contributed by atoms with Crippen molar-refractivity contribution in [2.75, 3.05) is 33.0 Å². The van der Waals surface area contributed by atoms with Gasteiger partial charge in [-0.1, -0.05) is 6.92 Å². The molecule has 33 heavy (non-hydrogen) atoms. The average molecular weight is 493 g/mol. The van der Waals surface area contributed by atoms with E-state index in [1.54, 1.807) is 27.7 Å². The first-order valence-electron chi connectivity index (χ1n) is 10.9. The molecule has 12 heteroatoms. The van der Waals surface area contributed by atoms with Crippen molar-refractivity contribution in [2.45, 2.75) is 66.1 Å². The Morgan fingerprint density at radius 2 is 1.76 bits per heavy atom. The van der Waals surface area contributed by atoms with Crippen LogP contribution in [0, 0.1) is 5.92 Å². The number of likely N-dealkylation sites (N-methyl/N-ethyl adjacent to an activating group) is 1. The monoisotopic (exact) mass is 492 g/mol. The lowest BCUT2D eigenvalue weighted by Gasteiger charge is -2.29. The second-order valence-corrected chi connectivity index (χ2v) is 9.93. The molecule has 0 bridgehead atoms. The molecule has 0 saturated carbocycles. The van der Waals surface area contributed by atoms with Crippen LogP contribution in [0.25, 0.3) is 0 Å². The molecule has 1 heterocycles. The SMILES string of the molecule is CCOP(=O)(C[C@@H](C)[C@H]1O[C@@H](N(/C=C(/C)C(C)=O)C(C)=O)[C@H](OCC(=O)NC)[C@@H]1O)OCC. The smallest absolute Gasteiger partial charge is 0.331 e. The average Bonchev–Trinajstić information content (AvgIpc) is 3.05. The molecule has 0 aromatic heterocycles. The summed E-state index contributed by atoms with van der Waals surface area (Å²) in [7, 11) is -2.00. The third-order valence-corrected chi connectivity index (χ3v) is 7.51. The lowest BCUT2D eigenvalue weighted by molar-refractivity contribution is -0.149. The standard InChI is InChI=1S/C21H37N2O9P/c1-8-30-33(28,31-9-2)12-14(4)19-18(27)20(29-11-17(26)22-7)21(32-19)23(16(6)25)10-13(3)15(5)24/h10,14,18-21,27H,8-9,11-12H2,1-7H3,(H,22,26)/b13-10-/t14-,18-,19-,20-,21-/m1/s1. The Balaban J connectivity index is 3.26. The molecule has 1 fully saturated rings. The second kappa shape index (κ2) is 13.3. The van der Waals surface area contributed by atoms with E-state index in [-0.39, 0.29) is 31.8 Å². The maximum absolute atomic E-state index is 13.0. The minimum absolute atomic E-state index is 0.0341. The first kappa shape index (κ1) is 29.4. The van der Waals surface area contributed by atoms with Crippen molar-refractivity contribution < 1.29 is 42.6 Å². The van der Waals surface area contributed by atoms with Gasteiger partial charge in [0.05, 0.1) is 25.5 Å². The minimum Gasteiger partial charge on any atom is -0.387 e. The van der Waals surface area contributed by atoms with Gasteiger partial charge in [-0.05, 0) is 33.6 Å². The highest BCUT2D eigenvalue weighted by Crippen LogP contribution is 2.51. The van der Waals surface area contributed by atoms with Crippen LogP contribution >= 0.6 is 7.60 Å². The fourth-order valence-corrected chi connectivity index (χ4v) is 5.42. The zero-order chi connectivity index (χ0) is 25.3. The van der Waals surface area contributed by atoms with Crippen LogP contribution in [-0.2, 0) is 37.5 Å². The normalized spacial score (nSPS) is 24.4. The van der Waals surface area contributed by atoms with Crippen molar-refractivity contribution in [1.29, 1.82) is 0 Å². The number of allylic oxidation sites excluding steroid dienone is 1. The third kappa shape index (κ3) is 8.27. The van der Waals surface area contributed by atoms with Gasteiger partial charge in [-0.25, -0.2) is 0 Å². The number of rotatable bonds is 13. The van der Waals surface area contributed by atoms with Crippen molar-refractivity contribution >= 4 is 25.2 Å². The van der Waals surface area contributed by atoms with Crippen LogP contribution in [0.2, 0.25) is 0 Å². The summed E-state index contributed by atoms with van der Waals surface area (Å²) in [5.74, 6) is -1.66. The Morgan fingerprint density at radius 1 is 1.18 bits per heavy atom. The molecule has 0 radical (unpaired) electrons. The summed E-state index contributed by atoms with van der Waals surface area (Å²) in [5, 5.41) is 13.4. The Labute approximate surface area is 195 Å². The van der Waals surface area contributed by atoms with E-state index < -0.39 is 49.9 Å². The number of carbonyl (C=O) groups excluding carboxylic acids is 3. The van der Waals surface area contributed by atoms with Gasteiger partial charge in [0.25, 0.3) is 0 Å². The number of ether oxygens (including phenoxy) is 2. The first-order chi connectivity index (χ1) is 15.4. The molecule has 1 aliphatic rings. The molecule has 2 amide bonds. The maximum Gasteiger partial charge on any atom is 0.331 e. The lowest BCUT2D eigenvalue weighted by Crippen LogP contribution is -2.46. The number of nitrogens with zero attached hydrogens (tertiary/aromatic N) is 1. The van der Waals surface area contributed by atoms with Gasteiger partial charge in [-0.3, -0.25) is 23.8 Å². The summed E-state index contributed by atoms with van der Waals surface area (Å²) >= 11 is 0. The Morgan fingerprint density at radius 3 is 2.21 bits per heavy atom. The number of carbonyl (C=O) groups is 3. The molecular weight excluding hydrogens is 455 g/mol. The van der Waals surface area contributed by atoms with E-state index in [0.717, 1.165) is 4.90 Å². The maximum atomic E-state index is 13.0. The molecule has 190 valence electrons. The number of Topliss-reactive ketones (excluding diaryl/α,β-unsaturated/α-hetero) is 1. The summed E-state index contributed by atoms with van der Waals surface area (Å²) in [6.07, 6.45) is -3.11. The van der Waals surface area contributed by atoms with Crippen LogP contribution in [0.4, 0.5) is 0 Å². The van der Waals surface area contributed by atoms with Crippen molar-refractivity contribution in [3.63, 3.8) is 0 Å². The summed E-state index contributed by atoms with van der Waals surface area (Å²) in [6, 6.07) is 0. The number of nitrogens with one attached hydrogen (secondary N) is 1. The van der Waals surface area contributed by atoms with Crippen LogP contribution in [0.5, 0.6) is 0 Å². The number of hydrogen-bond donors (Lipinski definition) is 2. The highest BCUT2D eigenvalue weighted by Gasteiger charge is 2.50. The molecule has 2 N–H and O–H groups in total. The van der Waals surface area contributed by atoms with E-state index in [4.69, 9.17) is 18.5 Å². The van der Waals surface area contributed by atoms with Crippen LogP contribution < -0.4 is 5.32 Å². The zero-order valence-electron chi connectivity index (χ0n) is 20.4. The molecule has 0 aromatic rings. The molecule has 0 aromatic carbocycles. The van der Waals surface area contributed by atoms with Gasteiger partial charge in [-0.15, -0.1) is 0 Å². The molecule has 0 aliphatic carbocycles. The van der Waals surface area contributed by atoms with E-state index in [9.17, 15) is 24.1 Å². The molecule has 0 unspecified atom stereocenters.